The first-order valence-corrected chi connectivity index (χ1v) is 11.0. The zero-order valence-corrected chi connectivity index (χ0v) is 18.4. The first-order chi connectivity index (χ1) is 15.5. The standard InChI is InChI=1S/C27H23ClN2O2/c1-30-17-21(19-12-14-20(28)15-13-19)25(24(31)16-11-18-7-3-2-4-8-18)27(30)22-9-5-6-10-23(22)29-26(27)32/h2-16,21,25H,17H2,1H3,(H,29,32). The third-order valence-corrected chi connectivity index (χ3v) is 6.95. The zero-order chi connectivity index (χ0) is 22.3. The van der Waals surface area contributed by atoms with Gasteiger partial charge in [-0.15, -0.1) is 0 Å². The van der Waals surface area contributed by atoms with E-state index in [2.05, 4.69) is 5.32 Å². The van der Waals surface area contributed by atoms with Crippen LogP contribution >= 0.6 is 11.6 Å². The van der Waals surface area contributed by atoms with E-state index in [0.29, 0.717) is 11.6 Å². The molecule has 3 aromatic carbocycles. The molecule has 0 aromatic heterocycles. The number of allylic oxidation sites excluding steroid dienone is 1. The normalized spacial score (nSPS) is 24.8. The van der Waals surface area contributed by atoms with Gasteiger partial charge in [-0.25, -0.2) is 0 Å². The van der Waals surface area contributed by atoms with Crippen molar-refractivity contribution in [1.29, 1.82) is 0 Å². The van der Waals surface area contributed by atoms with Crippen molar-refractivity contribution in [2.24, 2.45) is 5.92 Å². The van der Waals surface area contributed by atoms with E-state index in [1.54, 1.807) is 6.08 Å². The number of nitrogens with one attached hydrogen (secondary N) is 1. The number of carbonyl (C=O) groups is 2. The maximum atomic E-state index is 13.8. The van der Waals surface area contributed by atoms with Crippen LogP contribution in [-0.2, 0) is 15.1 Å². The van der Waals surface area contributed by atoms with Crippen molar-refractivity contribution in [2.75, 3.05) is 18.9 Å². The molecular weight excluding hydrogens is 420 g/mol. The minimum atomic E-state index is -1.06. The third kappa shape index (κ3) is 3.19. The molecule has 1 amide bonds. The fraction of sp³-hybridized carbons (Fsp3) is 0.185. The Labute approximate surface area is 192 Å². The number of nitrogens with zero attached hydrogens (tertiary/aromatic N) is 1. The summed E-state index contributed by atoms with van der Waals surface area (Å²) in [6, 6.07) is 25.0. The summed E-state index contributed by atoms with van der Waals surface area (Å²) in [6.45, 7) is 0.582. The molecule has 1 spiro atoms. The van der Waals surface area contributed by atoms with Gasteiger partial charge in [-0.05, 0) is 42.4 Å². The van der Waals surface area contributed by atoms with Crippen LogP contribution in [0.2, 0.25) is 5.02 Å². The second-order valence-electron chi connectivity index (χ2n) is 8.43. The van der Waals surface area contributed by atoms with E-state index >= 15 is 0 Å². The second-order valence-corrected chi connectivity index (χ2v) is 8.87. The lowest BCUT2D eigenvalue weighted by Gasteiger charge is -2.35. The van der Waals surface area contributed by atoms with E-state index in [-0.39, 0.29) is 17.6 Å². The number of carbonyl (C=O) groups excluding carboxylic acids is 2. The van der Waals surface area contributed by atoms with Gasteiger partial charge < -0.3 is 5.32 Å². The van der Waals surface area contributed by atoms with Gasteiger partial charge in [0.1, 0.15) is 5.54 Å². The van der Waals surface area contributed by atoms with Gasteiger partial charge in [-0.1, -0.05) is 78.3 Å². The molecule has 0 bridgehead atoms. The zero-order valence-electron chi connectivity index (χ0n) is 17.7. The molecule has 5 rings (SSSR count). The number of likely N-dealkylation sites (tertiary alicyclic amines) is 1. The number of halogens is 1. The van der Waals surface area contributed by atoms with E-state index in [9.17, 15) is 9.59 Å². The van der Waals surface area contributed by atoms with E-state index in [4.69, 9.17) is 11.6 Å². The highest BCUT2D eigenvalue weighted by Crippen LogP contribution is 2.55. The fourth-order valence-corrected chi connectivity index (χ4v) is 5.41. The molecule has 2 heterocycles. The van der Waals surface area contributed by atoms with Crippen LogP contribution in [0.3, 0.4) is 0 Å². The summed E-state index contributed by atoms with van der Waals surface area (Å²) in [5.41, 5.74) is 2.52. The van der Waals surface area contributed by atoms with Crippen LogP contribution in [0.25, 0.3) is 6.08 Å². The summed E-state index contributed by atoms with van der Waals surface area (Å²) in [4.78, 5) is 29.4. The van der Waals surface area contributed by atoms with E-state index in [1.807, 2.05) is 96.9 Å². The first-order valence-electron chi connectivity index (χ1n) is 10.7. The van der Waals surface area contributed by atoms with Crippen molar-refractivity contribution in [3.05, 3.63) is 107 Å². The predicted molar refractivity (Wildman–Crippen MR) is 128 cm³/mol. The number of benzene rings is 3. The summed E-state index contributed by atoms with van der Waals surface area (Å²) in [7, 11) is 1.93. The number of hydrogen-bond acceptors (Lipinski definition) is 3. The molecule has 1 N–H and O–H groups in total. The molecule has 2 aliphatic heterocycles. The van der Waals surface area contributed by atoms with Crippen molar-refractivity contribution in [3.63, 3.8) is 0 Å². The minimum absolute atomic E-state index is 0.0648. The van der Waals surface area contributed by atoms with Crippen LogP contribution < -0.4 is 5.32 Å². The topological polar surface area (TPSA) is 49.4 Å². The molecule has 3 unspecified atom stereocenters. The summed E-state index contributed by atoms with van der Waals surface area (Å²) >= 11 is 6.12. The van der Waals surface area contributed by atoms with Crippen LogP contribution in [0.15, 0.2) is 84.9 Å². The van der Waals surface area contributed by atoms with Crippen molar-refractivity contribution in [1.82, 2.24) is 4.90 Å². The SMILES string of the molecule is CN1CC(c2ccc(Cl)cc2)C(C(=O)C=Cc2ccccc2)C12C(=O)Nc1ccccc12. The Balaban J connectivity index is 1.64. The number of rotatable bonds is 4. The van der Waals surface area contributed by atoms with Gasteiger partial charge in [0.25, 0.3) is 0 Å². The Morgan fingerprint density at radius 2 is 1.72 bits per heavy atom. The van der Waals surface area contributed by atoms with E-state index in [0.717, 1.165) is 22.4 Å². The molecule has 1 saturated heterocycles. The van der Waals surface area contributed by atoms with Crippen LogP contribution in [0.1, 0.15) is 22.6 Å². The van der Waals surface area contributed by atoms with Gasteiger partial charge >= 0.3 is 0 Å². The molecule has 4 nitrogen and oxygen atoms in total. The van der Waals surface area contributed by atoms with Crippen molar-refractivity contribution < 1.29 is 9.59 Å². The van der Waals surface area contributed by atoms with E-state index in [1.165, 1.54) is 0 Å². The van der Waals surface area contributed by atoms with Gasteiger partial charge in [-0.2, -0.15) is 0 Å². The predicted octanol–water partition coefficient (Wildman–Crippen LogP) is 5.12. The molecule has 1 fully saturated rings. The minimum Gasteiger partial charge on any atom is -0.324 e. The molecule has 32 heavy (non-hydrogen) atoms. The molecule has 5 heteroatoms. The Bertz CT molecular complexity index is 1210. The lowest BCUT2D eigenvalue weighted by atomic mass is 9.71. The molecule has 3 aromatic rings. The summed E-state index contributed by atoms with van der Waals surface area (Å²) in [6.07, 6.45) is 3.45. The largest absolute Gasteiger partial charge is 0.324 e. The van der Waals surface area contributed by atoms with Gasteiger partial charge in [0, 0.05) is 28.7 Å². The first kappa shape index (κ1) is 20.7. The second kappa shape index (κ2) is 8.05. The van der Waals surface area contributed by atoms with Crippen LogP contribution in [0.5, 0.6) is 0 Å². The number of likely N-dealkylation sites (N-methyl/N-ethyl adjacent to an activating group) is 1. The van der Waals surface area contributed by atoms with Crippen LogP contribution in [0, 0.1) is 5.92 Å². The average Bonchev–Trinajstić information content (AvgIpc) is 3.28. The number of hydrogen-bond donors (Lipinski definition) is 1. The van der Waals surface area contributed by atoms with Crippen LogP contribution in [0.4, 0.5) is 5.69 Å². The fourth-order valence-electron chi connectivity index (χ4n) is 5.28. The van der Waals surface area contributed by atoms with Gasteiger partial charge in [0.05, 0.1) is 5.92 Å². The highest BCUT2D eigenvalue weighted by molar-refractivity contribution is 6.30. The van der Waals surface area contributed by atoms with Gasteiger partial charge in [-0.3, -0.25) is 14.5 Å². The van der Waals surface area contributed by atoms with Gasteiger partial charge in [0.2, 0.25) is 5.91 Å². The number of para-hydroxylation sites is 1. The Kier molecular flexibility index (Phi) is 5.20. The molecule has 160 valence electrons. The Morgan fingerprint density at radius 3 is 2.47 bits per heavy atom. The average molecular weight is 443 g/mol. The Hall–Kier alpha value is -3.21. The number of amides is 1. The number of anilines is 1. The van der Waals surface area contributed by atoms with Crippen molar-refractivity contribution >= 4 is 35.1 Å². The summed E-state index contributed by atoms with van der Waals surface area (Å²) < 4.78 is 0. The highest BCUT2D eigenvalue weighted by Gasteiger charge is 2.63. The van der Waals surface area contributed by atoms with Crippen molar-refractivity contribution in [2.45, 2.75) is 11.5 Å². The summed E-state index contributed by atoms with van der Waals surface area (Å²) in [5, 5.41) is 3.67. The monoisotopic (exact) mass is 442 g/mol. The molecular formula is C27H23ClN2O2. The molecule has 3 atom stereocenters. The molecule has 0 radical (unpaired) electrons. The molecule has 0 aliphatic carbocycles. The number of ketones is 1. The third-order valence-electron chi connectivity index (χ3n) is 6.70. The van der Waals surface area contributed by atoms with Gasteiger partial charge in [0.15, 0.2) is 5.78 Å². The number of fused-ring (bicyclic) bond motifs is 2. The van der Waals surface area contributed by atoms with E-state index < -0.39 is 11.5 Å². The van der Waals surface area contributed by atoms with Crippen molar-refractivity contribution in [3.8, 4) is 0 Å². The lowest BCUT2D eigenvalue weighted by Crippen LogP contribution is -2.51. The Morgan fingerprint density at radius 1 is 1.03 bits per heavy atom. The summed E-state index contributed by atoms with van der Waals surface area (Å²) in [5.74, 6) is -0.937. The smallest absolute Gasteiger partial charge is 0.250 e. The maximum Gasteiger partial charge on any atom is 0.250 e. The molecule has 2 aliphatic rings. The van der Waals surface area contributed by atoms with Crippen LogP contribution in [-0.4, -0.2) is 30.2 Å². The maximum absolute atomic E-state index is 13.8. The highest BCUT2D eigenvalue weighted by atomic mass is 35.5. The quantitative estimate of drug-likeness (QED) is 0.571. The lowest BCUT2D eigenvalue weighted by molar-refractivity contribution is -0.133. The molecule has 0 saturated carbocycles.